The molecule has 0 saturated carbocycles. The van der Waals surface area contributed by atoms with E-state index in [2.05, 4.69) is 15.5 Å². The molecule has 0 radical (unpaired) electrons. The second-order valence-electron chi connectivity index (χ2n) is 5.29. The van der Waals surface area contributed by atoms with Crippen molar-refractivity contribution in [2.75, 3.05) is 31.4 Å². The summed E-state index contributed by atoms with van der Waals surface area (Å²) >= 11 is 1.59. The lowest BCUT2D eigenvalue weighted by atomic mass is 10.2. The van der Waals surface area contributed by atoms with Crippen molar-refractivity contribution in [1.82, 2.24) is 20.4 Å². The predicted molar refractivity (Wildman–Crippen MR) is 83.1 cm³/mol. The normalized spacial score (nSPS) is 20.4. The van der Waals surface area contributed by atoms with Crippen LogP contribution < -0.4 is 5.32 Å². The summed E-state index contributed by atoms with van der Waals surface area (Å²) in [5.74, 6) is 1.75. The zero-order chi connectivity index (χ0) is 16.2. The highest BCUT2D eigenvalue weighted by molar-refractivity contribution is 7.97. The van der Waals surface area contributed by atoms with Crippen LogP contribution in [0.15, 0.2) is 4.52 Å². The Balaban J connectivity index is 1.75. The van der Waals surface area contributed by atoms with Crippen LogP contribution in [-0.4, -0.2) is 66.8 Å². The number of amides is 1. The molecule has 22 heavy (non-hydrogen) atoms. The Morgan fingerprint density at radius 2 is 2.32 bits per heavy atom. The van der Waals surface area contributed by atoms with Crippen molar-refractivity contribution >= 4 is 27.5 Å². The zero-order valence-corrected chi connectivity index (χ0v) is 14.2. The first-order valence-electron chi connectivity index (χ1n) is 6.87. The van der Waals surface area contributed by atoms with Crippen LogP contribution in [0.3, 0.4) is 0 Å². The predicted octanol–water partition coefficient (Wildman–Crippen LogP) is -0.332. The molecule has 0 spiro atoms. The van der Waals surface area contributed by atoms with Crippen LogP contribution in [0.2, 0.25) is 0 Å². The summed E-state index contributed by atoms with van der Waals surface area (Å²) in [5.41, 5.74) is 0. The van der Waals surface area contributed by atoms with Crippen molar-refractivity contribution in [2.45, 2.75) is 24.8 Å². The van der Waals surface area contributed by atoms with Gasteiger partial charge in [0.2, 0.25) is 11.8 Å². The van der Waals surface area contributed by atoms with Gasteiger partial charge in [0.1, 0.15) is 0 Å². The number of nitrogens with one attached hydrogen (secondary N) is 1. The molecular weight excluding hydrogens is 328 g/mol. The molecule has 1 aromatic rings. The number of rotatable bonds is 7. The minimum absolute atomic E-state index is 0.0904. The molecular formula is C12H20N4O4S2. The van der Waals surface area contributed by atoms with Crippen molar-refractivity contribution < 1.29 is 17.7 Å². The van der Waals surface area contributed by atoms with Gasteiger partial charge in [-0.25, -0.2) is 8.42 Å². The number of sulfone groups is 1. The number of likely N-dealkylation sites (N-methyl/N-ethyl adjacent to an activating group) is 1. The fourth-order valence-corrected chi connectivity index (χ4v) is 4.44. The third kappa shape index (κ3) is 4.96. The molecule has 0 bridgehead atoms. The summed E-state index contributed by atoms with van der Waals surface area (Å²) in [6, 6.07) is -0.0904. The van der Waals surface area contributed by atoms with E-state index in [0.717, 1.165) is 0 Å². The fourth-order valence-electron chi connectivity index (χ4n) is 2.26. The van der Waals surface area contributed by atoms with Crippen molar-refractivity contribution in [3.05, 3.63) is 11.7 Å². The van der Waals surface area contributed by atoms with Crippen molar-refractivity contribution in [2.24, 2.45) is 0 Å². The first kappa shape index (κ1) is 17.2. The van der Waals surface area contributed by atoms with E-state index in [1.54, 1.807) is 23.7 Å². The summed E-state index contributed by atoms with van der Waals surface area (Å²) in [6.45, 7) is 0.322. The van der Waals surface area contributed by atoms with Gasteiger partial charge in [-0.15, -0.1) is 0 Å². The van der Waals surface area contributed by atoms with Crippen LogP contribution >= 0.6 is 11.8 Å². The van der Waals surface area contributed by atoms with Crippen molar-refractivity contribution in [3.8, 4) is 0 Å². The van der Waals surface area contributed by atoms with Crippen LogP contribution in [0.1, 0.15) is 18.1 Å². The molecule has 1 aliphatic heterocycles. The standard InChI is InChI=1S/C12H20N4O4S2/c1-16(9-3-4-22(18,19)8-9)6-11(17)13-5-12-14-10(7-21-2)15-20-12/h9H,3-8H2,1-2H3,(H,13,17)/t9-/m0/s1. The monoisotopic (exact) mass is 348 g/mol. The number of aromatic nitrogens is 2. The first-order valence-corrected chi connectivity index (χ1v) is 10.1. The molecule has 1 fully saturated rings. The van der Waals surface area contributed by atoms with E-state index in [4.69, 9.17) is 4.52 Å². The molecule has 1 aliphatic rings. The second kappa shape index (κ2) is 7.42. The van der Waals surface area contributed by atoms with E-state index in [1.807, 2.05) is 6.26 Å². The van der Waals surface area contributed by atoms with Gasteiger partial charge in [0.05, 0.1) is 30.3 Å². The van der Waals surface area contributed by atoms with Crippen LogP contribution in [0.5, 0.6) is 0 Å². The molecule has 2 heterocycles. The average molecular weight is 348 g/mol. The fraction of sp³-hybridized carbons (Fsp3) is 0.750. The molecule has 1 atom stereocenters. The Hall–Kier alpha value is -1.13. The minimum atomic E-state index is -2.94. The van der Waals surface area contributed by atoms with Gasteiger partial charge in [-0.05, 0) is 19.7 Å². The molecule has 0 aliphatic carbocycles. The number of hydrogen-bond acceptors (Lipinski definition) is 8. The third-order valence-electron chi connectivity index (χ3n) is 3.45. The number of carbonyl (C=O) groups excluding carboxylic acids is 1. The molecule has 1 N–H and O–H groups in total. The highest BCUT2D eigenvalue weighted by Gasteiger charge is 2.31. The first-order chi connectivity index (χ1) is 10.4. The highest BCUT2D eigenvalue weighted by atomic mass is 32.2. The van der Waals surface area contributed by atoms with Gasteiger partial charge in [-0.1, -0.05) is 5.16 Å². The topological polar surface area (TPSA) is 105 Å². The summed E-state index contributed by atoms with van der Waals surface area (Å²) < 4.78 is 27.9. The lowest BCUT2D eigenvalue weighted by Gasteiger charge is -2.21. The molecule has 124 valence electrons. The van der Waals surface area contributed by atoms with Gasteiger partial charge in [-0.2, -0.15) is 16.7 Å². The molecule has 8 nitrogen and oxygen atoms in total. The van der Waals surface area contributed by atoms with Crippen LogP contribution in [0.4, 0.5) is 0 Å². The lowest BCUT2D eigenvalue weighted by molar-refractivity contribution is -0.122. The Morgan fingerprint density at radius 1 is 1.55 bits per heavy atom. The van der Waals surface area contributed by atoms with Gasteiger partial charge >= 0.3 is 0 Å². The number of thioether (sulfide) groups is 1. The number of nitrogens with zero attached hydrogens (tertiary/aromatic N) is 3. The zero-order valence-electron chi connectivity index (χ0n) is 12.6. The molecule has 1 amide bonds. The van der Waals surface area contributed by atoms with Gasteiger partial charge in [0, 0.05) is 6.04 Å². The Morgan fingerprint density at radius 3 is 2.95 bits per heavy atom. The van der Waals surface area contributed by atoms with Crippen LogP contribution in [-0.2, 0) is 26.9 Å². The number of carbonyl (C=O) groups is 1. The summed E-state index contributed by atoms with van der Waals surface area (Å²) in [6.07, 6.45) is 2.52. The lowest BCUT2D eigenvalue weighted by Crippen LogP contribution is -2.41. The van der Waals surface area contributed by atoms with Crippen molar-refractivity contribution in [1.29, 1.82) is 0 Å². The molecule has 2 rings (SSSR count). The second-order valence-corrected chi connectivity index (χ2v) is 8.38. The van der Waals surface area contributed by atoms with Gasteiger partial charge in [0.25, 0.3) is 0 Å². The van der Waals surface area contributed by atoms with E-state index in [1.165, 1.54) is 0 Å². The molecule has 1 saturated heterocycles. The van der Waals surface area contributed by atoms with Gasteiger partial charge in [-0.3, -0.25) is 9.69 Å². The van der Waals surface area contributed by atoms with Crippen LogP contribution in [0, 0.1) is 0 Å². The maximum Gasteiger partial charge on any atom is 0.246 e. The largest absolute Gasteiger partial charge is 0.346 e. The summed E-state index contributed by atoms with van der Waals surface area (Å²) in [7, 11) is -1.18. The van der Waals surface area contributed by atoms with E-state index in [0.29, 0.717) is 23.9 Å². The highest BCUT2D eigenvalue weighted by Crippen LogP contribution is 2.16. The summed E-state index contributed by atoms with van der Waals surface area (Å²) in [5, 5.41) is 6.48. The Bertz CT molecular complexity index is 616. The third-order valence-corrected chi connectivity index (χ3v) is 5.74. The smallest absolute Gasteiger partial charge is 0.246 e. The van der Waals surface area contributed by atoms with Crippen molar-refractivity contribution in [3.63, 3.8) is 0 Å². The quantitative estimate of drug-likeness (QED) is 0.714. The maximum absolute atomic E-state index is 11.9. The maximum atomic E-state index is 11.9. The van der Waals surface area contributed by atoms with Gasteiger partial charge in [0.15, 0.2) is 15.7 Å². The summed E-state index contributed by atoms with van der Waals surface area (Å²) in [4.78, 5) is 17.8. The molecule has 0 aromatic carbocycles. The van der Waals surface area contributed by atoms with E-state index in [9.17, 15) is 13.2 Å². The molecule has 10 heteroatoms. The minimum Gasteiger partial charge on any atom is -0.346 e. The molecule has 1 aromatic heterocycles. The van der Waals surface area contributed by atoms with Crippen LogP contribution in [0.25, 0.3) is 0 Å². The number of hydrogen-bond donors (Lipinski definition) is 1. The SMILES string of the molecule is CSCc1noc(CNC(=O)CN(C)[C@H]2CCS(=O)(=O)C2)n1. The molecule has 0 unspecified atom stereocenters. The van der Waals surface area contributed by atoms with Gasteiger partial charge < -0.3 is 9.84 Å². The van der Waals surface area contributed by atoms with E-state index in [-0.39, 0.29) is 36.5 Å². The Labute approximate surface area is 133 Å². The average Bonchev–Trinajstić information content (AvgIpc) is 3.03. The van der Waals surface area contributed by atoms with E-state index < -0.39 is 9.84 Å². The Kier molecular flexibility index (Phi) is 5.81. The van der Waals surface area contributed by atoms with E-state index >= 15 is 0 Å².